The van der Waals surface area contributed by atoms with Crippen LogP contribution >= 0.6 is 0 Å². The van der Waals surface area contributed by atoms with Gasteiger partial charge in [-0.3, -0.25) is 4.79 Å². The number of ketones is 1. The van der Waals surface area contributed by atoms with Gasteiger partial charge in [0.15, 0.2) is 5.78 Å². The largest absolute Gasteiger partial charge is 0.303 e. The second kappa shape index (κ2) is 6.14. The molecule has 1 aliphatic rings. The van der Waals surface area contributed by atoms with Gasteiger partial charge in [-0.15, -0.1) is 0 Å². The number of benzene rings is 1. The van der Waals surface area contributed by atoms with Crippen LogP contribution in [0.5, 0.6) is 0 Å². The van der Waals surface area contributed by atoms with Crippen LogP contribution in [0.25, 0.3) is 0 Å². The summed E-state index contributed by atoms with van der Waals surface area (Å²) in [5.74, 6) is -1.41. The minimum Gasteiger partial charge on any atom is -0.303 e. The Kier molecular flexibility index (Phi) is 1.86. The average Bonchev–Trinajstić information content (AvgIpc) is 2.57. The summed E-state index contributed by atoms with van der Waals surface area (Å²) in [6.07, 6.45) is -10.2. The number of Topliss-reactive ketones (excluding diaryl/α,β-unsaturated/α-hetero) is 1. The number of carbonyl (C=O) groups is 1. The number of hydrogen-bond acceptors (Lipinski definition) is 2. The standard InChI is InChI=1S/C16H23NO/c1-13-6-8-15(9-7-13)16(18)14(2)12-17-10-4-3-5-11-17/h6-9,14H,3-5,10-12H2,1-2H3/i3D2,4D2,5D2,10D2,11D2. The van der Waals surface area contributed by atoms with E-state index in [1.807, 2.05) is 6.92 Å². The van der Waals surface area contributed by atoms with Crippen LogP contribution in [-0.4, -0.2) is 30.2 Å². The van der Waals surface area contributed by atoms with Gasteiger partial charge in [0.2, 0.25) is 0 Å². The molecular weight excluding hydrogens is 222 g/mol. The Morgan fingerprint density at radius 1 is 1.28 bits per heavy atom. The van der Waals surface area contributed by atoms with E-state index >= 15 is 0 Å². The van der Waals surface area contributed by atoms with Crippen molar-refractivity contribution >= 4 is 5.78 Å². The highest BCUT2D eigenvalue weighted by atomic mass is 16.1. The van der Waals surface area contributed by atoms with Crippen LogP contribution in [0, 0.1) is 12.8 Å². The van der Waals surface area contributed by atoms with Crippen molar-refractivity contribution in [1.29, 1.82) is 0 Å². The number of piperidine rings is 1. The molecule has 0 saturated carbocycles. The van der Waals surface area contributed by atoms with E-state index in [0.717, 1.165) is 5.56 Å². The smallest absolute Gasteiger partial charge is 0.166 e. The summed E-state index contributed by atoms with van der Waals surface area (Å²) >= 11 is 0. The van der Waals surface area contributed by atoms with E-state index in [2.05, 4.69) is 0 Å². The molecule has 0 spiro atoms. The zero-order valence-corrected chi connectivity index (χ0v) is 10.4. The Morgan fingerprint density at radius 3 is 2.50 bits per heavy atom. The maximum absolute atomic E-state index is 12.7. The van der Waals surface area contributed by atoms with Crippen molar-refractivity contribution in [1.82, 2.24) is 4.90 Å². The minimum absolute atomic E-state index is 0.304. The van der Waals surface area contributed by atoms with Gasteiger partial charge in [-0.05, 0) is 32.7 Å². The van der Waals surface area contributed by atoms with Crippen molar-refractivity contribution in [2.45, 2.75) is 33.0 Å². The Labute approximate surface area is 124 Å². The molecule has 0 N–H and O–H groups in total. The maximum Gasteiger partial charge on any atom is 0.166 e. The Morgan fingerprint density at radius 2 is 1.89 bits per heavy atom. The van der Waals surface area contributed by atoms with Gasteiger partial charge in [0.1, 0.15) is 0 Å². The third-order valence-corrected chi connectivity index (χ3v) is 2.75. The molecule has 1 aliphatic heterocycles. The maximum atomic E-state index is 12.7. The topological polar surface area (TPSA) is 20.3 Å². The van der Waals surface area contributed by atoms with Crippen molar-refractivity contribution < 1.29 is 18.5 Å². The van der Waals surface area contributed by atoms with Crippen molar-refractivity contribution in [2.75, 3.05) is 19.5 Å². The second-order valence-corrected chi connectivity index (χ2v) is 4.34. The van der Waals surface area contributed by atoms with Gasteiger partial charge in [-0.2, -0.15) is 0 Å². The van der Waals surface area contributed by atoms with Gasteiger partial charge in [0.25, 0.3) is 0 Å². The number of rotatable bonds is 4. The Bertz CT molecular complexity index is 729. The molecule has 1 saturated heterocycles. The summed E-state index contributed by atoms with van der Waals surface area (Å²) in [4.78, 5) is 13.0. The molecule has 1 unspecified atom stereocenters. The first-order valence-corrected chi connectivity index (χ1v) is 5.81. The number of nitrogens with zero attached hydrogens (tertiary/aromatic N) is 1. The molecule has 0 radical (unpaired) electrons. The van der Waals surface area contributed by atoms with E-state index in [1.165, 1.54) is 6.92 Å². The van der Waals surface area contributed by atoms with Gasteiger partial charge < -0.3 is 4.90 Å². The van der Waals surface area contributed by atoms with Crippen molar-refractivity contribution in [2.24, 2.45) is 5.92 Å². The van der Waals surface area contributed by atoms with Gasteiger partial charge in [-0.1, -0.05) is 43.1 Å². The average molecular weight is 255 g/mol. The summed E-state index contributed by atoms with van der Waals surface area (Å²) in [7, 11) is 0. The third kappa shape index (κ3) is 3.42. The molecule has 0 aliphatic carbocycles. The molecular formula is C16H23NO. The van der Waals surface area contributed by atoms with Crippen molar-refractivity contribution in [3.05, 3.63) is 35.4 Å². The summed E-state index contributed by atoms with van der Waals surface area (Å²) in [5, 5.41) is 0. The Hall–Kier alpha value is -1.15. The molecule has 0 aromatic heterocycles. The first-order valence-electron chi connectivity index (χ1n) is 10.8. The summed E-state index contributed by atoms with van der Waals surface area (Å²) in [6, 6.07) is 6.58. The van der Waals surface area contributed by atoms with E-state index in [0.29, 0.717) is 10.5 Å². The van der Waals surface area contributed by atoms with E-state index in [-0.39, 0.29) is 0 Å². The molecule has 18 heavy (non-hydrogen) atoms. The van der Waals surface area contributed by atoms with Gasteiger partial charge in [0.05, 0.1) is 0 Å². The predicted molar refractivity (Wildman–Crippen MR) is 75.0 cm³/mol. The number of likely N-dealkylation sites (tertiary alicyclic amines) is 1. The van der Waals surface area contributed by atoms with Crippen LogP contribution in [0.4, 0.5) is 0 Å². The lowest BCUT2D eigenvalue weighted by atomic mass is 9.97. The quantitative estimate of drug-likeness (QED) is 0.769. The van der Waals surface area contributed by atoms with Gasteiger partial charge >= 0.3 is 0 Å². The molecule has 98 valence electrons. The van der Waals surface area contributed by atoms with Gasteiger partial charge in [-0.25, -0.2) is 0 Å². The molecule has 1 atom stereocenters. The molecule has 1 aromatic carbocycles. The lowest BCUT2D eigenvalue weighted by Crippen LogP contribution is -2.35. The fourth-order valence-electron chi connectivity index (χ4n) is 1.70. The molecule has 1 aromatic rings. The van der Waals surface area contributed by atoms with Crippen molar-refractivity contribution in [3.63, 3.8) is 0 Å². The van der Waals surface area contributed by atoms with E-state index < -0.39 is 50.4 Å². The zero-order chi connectivity index (χ0) is 21.9. The fraction of sp³-hybridized carbons (Fsp3) is 0.562. The van der Waals surface area contributed by atoms with Crippen LogP contribution in [0.2, 0.25) is 0 Å². The number of aryl methyl sites for hydroxylation is 1. The highest BCUT2D eigenvalue weighted by Crippen LogP contribution is 2.15. The second-order valence-electron chi connectivity index (χ2n) is 4.34. The number of hydrogen-bond donors (Lipinski definition) is 0. The molecule has 2 rings (SSSR count). The van der Waals surface area contributed by atoms with Gasteiger partial charge in [0, 0.05) is 31.7 Å². The number of carbonyl (C=O) groups excluding carboxylic acids is 1. The first kappa shape index (κ1) is 5.46. The molecule has 1 heterocycles. The highest BCUT2D eigenvalue weighted by molar-refractivity contribution is 5.97. The summed E-state index contributed by atoms with van der Waals surface area (Å²) in [5.41, 5.74) is 1.24. The SMILES string of the molecule is [2H]C1([2H])N(CC(C)C(=O)c2ccc(C)cc2)C([2H])([2H])C([2H])([2H])C([2H])([2H])C1([2H])[2H]. The molecule has 0 amide bonds. The van der Waals surface area contributed by atoms with Crippen LogP contribution in [0.15, 0.2) is 24.3 Å². The van der Waals surface area contributed by atoms with Crippen LogP contribution in [0.3, 0.4) is 0 Å². The first-order chi connectivity index (χ1) is 12.4. The Balaban J connectivity index is 2.45. The van der Waals surface area contributed by atoms with Crippen LogP contribution < -0.4 is 0 Å². The molecule has 0 bridgehead atoms. The van der Waals surface area contributed by atoms with Crippen LogP contribution in [0.1, 0.15) is 55.7 Å². The van der Waals surface area contributed by atoms with Crippen LogP contribution in [-0.2, 0) is 0 Å². The molecule has 1 fully saturated rings. The highest BCUT2D eigenvalue weighted by Gasteiger charge is 2.19. The lowest BCUT2D eigenvalue weighted by Gasteiger charge is -2.28. The fourth-order valence-corrected chi connectivity index (χ4v) is 1.70. The monoisotopic (exact) mass is 255 g/mol. The van der Waals surface area contributed by atoms with E-state index in [9.17, 15) is 4.79 Å². The summed E-state index contributed by atoms with van der Waals surface area (Å²) in [6.45, 7) is -3.77. The normalized spacial score (nSPS) is 40.8. The summed E-state index contributed by atoms with van der Waals surface area (Å²) < 4.78 is 79.7. The lowest BCUT2D eigenvalue weighted by molar-refractivity contribution is 0.0883. The molecule has 2 heteroatoms. The molecule has 2 nitrogen and oxygen atoms in total. The third-order valence-electron chi connectivity index (χ3n) is 2.75. The minimum atomic E-state index is -3.45. The predicted octanol–water partition coefficient (Wildman–Crippen LogP) is 3.30. The van der Waals surface area contributed by atoms with E-state index in [1.54, 1.807) is 24.3 Å². The van der Waals surface area contributed by atoms with E-state index in [4.69, 9.17) is 13.7 Å². The van der Waals surface area contributed by atoms with Crippen molar-refractivity contribution in [3.8, 4) is 0 Å². The zero-order valence-electron chi connectivity index (χ0n) is 20.4.